The maximum Gasteiger partial charge on any atom is 0.340 e. The Kier molecular flexibility index (Phi) is 4.64. The van der Waals surface area contributed by atoms with Crippen LogP contribution in [0.25, 0.3) is 0 Å². The van der Waals surface area contributed by atoms with Gasteiger partial charge in [0.15, 0.2) is 0 Å². The van der Waals surface area contributed by atoms with Crippen molar-refractivity contribution >= 4 is 39.2 Å². The SMILES string of the molecule is COC(=O)c1ccnc(Oc2cc(F)c(Cl)cc2Br)c1N. The number of rotatable bonds is 3. The predicted octanol–water partition coefficient (Wildman–Crippen LogP) is 3.80. The Balaban J connectivity index is 2.41. The molecule has 0 atom stereocenters. The zero-order valence-electron chi connectivity index (χ0n) is 10.7. The lowest BCUT2D eigenvalue weighted by Crippen LogP contribution is -2.07. The summed E-state index contributed by atoms with van der Waals surface area (Å²) in [5, 5.41) is -0.0570. The summed E-state index contributed by atoms with van der Waals surface area (Å²) in [7, 11) is 1.23. The zero-order chi connectivity index (χ0) is 15.6. The molecule has 0 aliphatic heterocycles. The fraction of sp³-hybridized carbons (Fsp3) is 0.0769. The first-order valence-corrected chi connectivity index (χ1v) is 6.76. The van der Waals surface area contributed by atoms with Crippen LogP contribution in [0.15, 0.2) is 28.9 Å². The van der Waals surface area contributed by atoms with Gasteiger partial charge >= 0.3 is 5.97 Å². The summed E-state index contributed by atoms with van der Waals surface area (Å²) in [6.07, 6.45) is 1.33. The van der Waals surface area contributed by atoms with Gasteiger partial charge in [-0.3, -0.25) is 0 Å². The first-order chi connectivity index (χ1) is 9.93. The molecule has 0 saturated carbocycles. The van der Waals surface area contributed by atoms with Crippen molar-refractivity contribution in [2.75, 3.05) is 12.8 Å². The molecule has 0 fully saturated rings. The highest BCUT2D eigenvalue weighted by molar-refractivity contribution is 9.10. The second kappa shape index (κ2) is 6.28. The summed E-state index contributed by atoms with van der Waals surface area (Å²) in [5.74, 6) is -1.20. The molecule has 0 radical (unpaired) electrons. The third kappa shape index (κ3) is 3.25. The van der Waals surface area contributed by atoms with E-state index >= 15 is 0 Å². The number of halogens is 3. The van der Waals surface area contributed by atoms with Crippen molar-refractivity contribution in [3.63, 3.8) is 0 Å². The number of hydrogen-bond donors (Lipinski definition) is 1. The molecule has 8 heteroatoms. The molecule has 1 aromatic heterocycles. The van der Waals surface area contributed by atoms with Gasteiger partial charge in [-0.2, -0.15) is 0 Å². The number of nitrogen functional groups attached to an aromatic ring is 1. The number of esters is 1. The normalized spacial score (nSPS) is 10.3. The lowest BCUT2D eigenvalue weighted by atomic mass is 10.2. The summed E-state index contributed by atoms with van der Waals surface area (Å²) < 4.78 is 23.9. The van der Waals surface area contributed by atoms with Crippen LogP contribution < -0.4 is 10.5 Å². The van der Waals surface area contributed by atoms with Gasteiger partial charge in [-0.1, -0.05) is 11.6 Å². The summed E-state index contributed by atoms with van der Waals surface area (Å²) in [4.78, 5) is 15.4. The van der Waals surface area contributed by atoms with Gasteiger partial charge in [-0.25, -0.2) is 14.2 Å². The number of pyridine rings is 1. The molecule has 1 aromatic carbocycles. The minimum absolute atomic E-state index is 0.00777. The minimum atomic E-state index is -0.655. The molecular weight excluding hydrogens is 367 g/mol. The van der Waals surface area contributed by atoms with Crippen LogP contribution >= 0.6 is 27.5 Å². The van der Waals surface area contributed by atoms with Gasteiger partial charge in [0.2, 0.25) is 5.88 Å². The van der Waals surface area contributed by atoms with E-state index < -0.39 is 11.8 Å². The Morgan fingerprint density at radius 1 is 1.48 bits per heavy atom. The maximum absolute atomic E-state index is 13.5. The Bertz CT molecular complexity index is 712. The van der Waals surface area contributed by atoms with Crippen LogP contribution in [-0.2, 0) is 4.74 Å². The molecule has 1 heterocycles. The second-order valence-corrected chi connectivity index (χ2v) is 5.13. The van der Waals surface area contributed by atoms with E-state index in [0.717, 1.165) is 6.07 Å². The molecule has 2 N–H and O–H groups in total. The molecule has 0 amide bonds. The Labute approximate surface area is 133 Å². The first-order valence-electron chi connectivity index (χ1n) is 5.59. The van der Waals surface area contributed by atoms with E-state index in [0.29, 0.717) is 4.47 Å². The third-order valence-electron chi connectivity index (χ3n) is 2.54. The van der Waals surface area contributed by atoms with Gasteiger partial charge in [0.1, 0.15) is 17.3 Å². The highest BCUT2D eigenvalue weighted by Gasteiger charge is 2.17. The number of methoxy groups -OCH3 is 1. The van der Waals surface area contributed by atoms with E-state index in [1.165, 1.54) is 25.4 Å². The van der Waals surface area contributed by atoms with Crippen molar-refractivity contribution in [1.82, 2.24) is 4.98 Å². The number of aromatic nitrogens is 1. The Morgan fingerprint density at radius 3 is 2.86 bits per heavy atom. The van der Waals surface area contributed by atoms with Crippen molar-refractivity contribution in [2.24, 2.45) is 0 Å². The van der Waals surface area contributed by atoms with Gasteiger partial charge in [0.25, 0.3) is 0 Å². The minimum Gasteiger partial charge on any atom is -0.465 e. The number of carbonyl (C=O) groups excluding carboxylic acids is 1. The van der Waals surface area contributed by atoms with Crippen LogP contribution in [0.1, 0.15) is 10.4 Å². The molecule has 0 bridgehead atoms. The van der Waals surface area contributed by atoms with Crippen LogP contribution in [0.3, 0.4) is 0 Å². The van der Waals surface area contributed by atoms with Crippen molar-refractivity contribution in [3.8, 4) is 11.6 Å². The molecule has 0 saturated heterocycles. The van der Waals surface area contributed by atoms with Crippen molar-refractivity contribution in [1.29, 1.82) is 0 Å². The fourth-order valence-electron chi connectivity index (χ4n) is 1.51. The molecule has 2 rings (SSSR count). The van der Waals surface area contributed by atoms with Crippen LogP contribution in [-0.4, -0.2) is 18.1 Å². The number of benzene rings is 1. The van der Waals surface area contributed by atoms with E-state index in [-0.39, 0.29) is 27.9 Å². The predicted molar refractivity (Wildman–Crippen MR) is 79.2 cm³/mol. The highest BCUT2D eigenvalue weighted by Crippen LogP contribution is 2.35. The number of carbonyl (C=O) groups is 1. The monoisotopic (exact) mass is 374 g/mol. The van der Waals surface area contributed by atoms with Crippen LogP contribution in [0.2, 0.25) is 5.02 Å². The summed E-state index contributed by atoms with van der Waals surface area (Å²) >= 11 is 8.83. The summed E-state index contributed by atoms with van der Waals surface area (Å²) in [6, 6.07) is 3.82. The van der Waals surface area contributed by atoms with Crippen LogP contribution in [0.5, 0.6) is 11.6 Å². The third-order valence-corrected chi connectivity index (χ3v) is 3.45. The standard InChI is InChI=1S/C13H9BrClFN2O3/c1-20-13(19)6-2-3-18-12(11(6)17)21-10-5-9(16)8(15)4-7(10)14/h2-5H,17H2,1H3. The van der Waals surface area contributed by atoms with Crippen LogP contribution in [0, 0.1) is 5.82 Å². The topological polar surface area (TPSA) is 74.4 Å². The average Bonchev–Trinajstić information content (AvgIpc) is 2.46. The quantitative estimate of drug-likeness (QED) is 0.652. The highest BCUT2D eigenvalue weighted by atomic mass is 79.9. The molecule has 5 nitrogen and oxygen atoms in total. The molecule has 21 heavy (non-hydrogen) atoms. The first kappa shape index (κ1) is 15.5. The van der Waals surface area contributed by atoms with E-state index in [1.807, 2.05) is 0 Å². The van der Waals surface area contributed by atoms with Crippen molar-refractivity contribution in [2.45, 2.75) is 0 Å². The van der Waals surface area contributed by atoms with Crippen LogP contribution in [0.4, 0.5) is 10.1 Å². The fourth-order valence-corrected chi connectivity index (χ4v) is 2.23. The van der Waals surface area contributed by atoms with Gasteiger partial charge in [-0.05, 0) is 28.1 Å². The van der Waals surface area contributed by atoms with Crippen molar-refractivity contribution < 1.29 is 18.7 Å². The Hall–Kier alpha value is -1.86. The number of anilines is 1. The number of hydrogen-bond acceptors (Lipinski definition) is 5. The average molecular weight is 376 g/mol. The van der Waals surface area contributed by atoms with E-state index in [2.05, 4.69) is 25.7 Å². The molecule has 0 aliphatic carbocycles. The lowest BCUT2D eigenvalue weighted by molar-refractivity contribution is 0.0601. The van der Waals surface area contributed by atoms with E-state index in [1.54, 1.807) is 0 Å². The lowest BCUT2D eigenvalue weighted by Gasteiger charge is -2.11. The number of nitrogens with zero attached hydrogens (tertiary/aromatic N) is 1. The second-order valence-electron chi connectivity index (χ2n) is 3.87. The number of nitrogens with two attached hydrogens (primary N) is 1. The molecule has 0 unspecified atom stereocenters. The maximum atomic E-state index is 13.5. The van der Waals surface area contributed by atoms with Gasteiger partial charge in [-0.15, -0.1) is 0 Å². The Morgan fingerprint density at radius 2 is 2.19 bits per heavy atom. The van der Waals surface area contributed by atoms with Gasteiger partial charge in [0.05, 0.1) is 22.2 Å². The molecule has 2 aromatic rings. The molecule has 0 spiro atoms. The molecular formula is C13H9BrClFN2O3. The summed E-state index contributed by atoms with van der Waals surface area (Å²) in [5.41, 5.74) is 5.90. The molecule has 0 aliphatic rings. The largest absolute Gasteiger partial charge is 0.465 e. The van der Waals surface area contributed by atoms with Gasteiger partial charge < -0.3 is 15.2 Å². The van der Waals surface area contributed by atoms with E-state index in [9.17, 15) is 9.18 Å². The summed E-state index contributed by atoms with van der Waals surface area (Å²) in [6.45, 7) is 0. The van der Waals surface area contributed by atoms with E-state index in [4.69, 9.17) is 22.1 Å². The molecule has 110 valence electrons. The number of ether oxygens (including phenoxy) is 2. The zero-order valence-corrected chi connectivity index (χ0v) is 13.0. The smallest absolute Gasteiger partial charge is 0.340 e. The van der Waals surface area contributed by atoms with Crippen molar-refractivity contribution in [3.05, 3.63) is 45.3 Å². The van der Waals surface area contributed by atoms with Gasteiger partial charge in [0, 0.05) is 12.3 Å².